The molecule has 1 aromatic carbocycles. The molecule has 0 N–H and O–H groups in total. The van der Waals surface area contributed by atoms with Crippen molar-refractivity contribution in [1.29, 1.82) is 0 Å². The highest BCUT2D eigenvalue weighted by atomic mass is 16.5. The molecule has 1 aromatic heterocycles. The minimum absolute atomic E-state index is 0.490. The Morgan fingerprint density at radius 3 is 3.00 bits per heavy atom. The van der Waals surface area contributed by atoms with Gasteiger partial charge in [0, 0.05) is 12.1 Å². The number of rotatable bonds is 2. The summed E-state index contributed by atoms with van der Waals surface area (Å²) in [6, 6.07) is 8.29. The van der Waals surface area contributed by atoms with E-state index in [0.717, 1.165) is 42.3 Å². The van der Waals surface area contributed by atoms with Crippen LogP contribution in [0.5, 0.6) is 5.75 Å². The lowest BCUT2D eigenvalue weighted by Crippen LogP contribution is -2.23. The number of fused-ring (bicyclic) bond motifs is 1. The zero-order valence-corrected chi connectivity index (χ0v) is 11.4. The highest BCUT2D eigenvalue weighted by Gasteiger charge is 2.21. The van der Waals surface area contributed by atoms with E-state index >= 15 is 0 Å². The van der Waals surface area contributed by atoms with E-state index in [-0.39, 0.29) is 0 Å². The summed E-state index contributed by atoms with van der Waals surface area (Å²) in [5.74, 6) is 1.52. The van der Waals surface area contributed by atoms with Gasteiger partial charge in [0.15, 0.2) is 0 Å². The number of ether oxygens (including phenoxy) is 1. The average molecular weight is 254 g/mol. The van der Waals surface area contributed by atoms with Crippen molar-refractivity contribution in [3.63, 3.8) is 0 Å². The van der Waals surface area contributed by atoms with E-state index < -0.39 is 0 Å². The van der Waals surface area contributed by atoms with Crippen molar-refractivity contribution in [2.45, 2.75) is 26.7 Å². The maximum Gasteiger partial charge on any atom is 0.122 e. The Labute approximate surface area is 113 Å². The van der Waals surface area contributed by atoms with Gasteiger partial charge in [-0.05, 0) is 38.3 Å². The van der Waals surface area contributed by atoms with Crippen LogP contribution in [-0.2, 0) is 12.8 Å². The fraction of sp³-hybridized carbons (Fsp3) is 0.375. The molecule has 0 radical (unpaired) electrons. The summed E-state index contributed by atoms with van der Waals surface area (Å²) in [7, 11) is 0. The van der Waals surface area contributed by atoms with Gasteiger partial charge >= 0.3 is 0 Å². The van der Waals surface area contributed by atoms with Crippen LogP contribution in [0.4, 0.5) is 0 Å². The van der Waals surface area contributed by atoms with E-state index in [4.69, 9.17) is 4.74 Å². The van der Waals surface area contributed by atoms with Gasteiger partial charge in [0.1, 0.15) is 5.75 Å². The van der Waals surface area contributed by atoms with Crippen LogP contribution in [0, 0.1) is 19.8 Å². The van der Waals surface area contributed by atoms with Crippen molar-refractivity contribution in [2.75, 3.05) is 6.61 Å². The Hall–Kier alpha value is -1.90. The molecule has 0 aliphatic carbocycles. The number of hydrogen-bond acceptors (Lipinski definition) is 3. The number of para-hydroxylation sites is 1. The molecule has 1 aliphatic heterocycles. The first kappa shape index (κ1) is 12.2. The maximum absolute atomic E-state index is 5.83. The third kappa shape index (κ3) is 2.60. The van der Waals surface area contributed by atoms with Crippen molar-refractivity contribution < 1.29 is 4.74 Å². The quantitative estimate of drug-likeness (QED) is 0.826. The van der Waals surface area contributed by atoms with E-state index in [0.29, 0.717) is 5.92 Å². The molecular weight excluding hydrogens is 236 g/mol. The fourth-order valence-electron chi connectivity index (χ4n) is 2.58. The molecule has 1 atom stereocenters. The van der Waals surface area contributed by atoms with Crippen molar-refractivity contribution in [2.24, 2.45) is 5.92 Å². The maximum atomic E-state index is 5.83. The van der Waals surface area contributed by atoms with Crippen LogP contribution < -0.4 is 4.74 Å². The summed E-state index contributed by atoms with van der Waals surface area (Å²) in [6.45, 7) is 4.79. The number of nitrogens with zero attached hydrogens (tertiary/aromatic N) is 2. The van der Waals surface area contributed by atoms with Crippen LogP contribution in [0.1, 0.15) is 22.6 Å². The van der Waals surface area contributed by atoms with Crippen LogP contribution in [0.25, 0.3) is 0 Å². The molecule has 3 rings (SSSR count). The highest BCUT2D eigenvalue weighted by Crippen LogP contribution is 2.28. The Morgan fingerprint density at radius 2 is 2.11 bits per heavy atom. The average Bonchev–Trinajstić information content (AvgIpc) is 2.43. The van der Waals surface area contributed by atoms with Gasteiger partial charge in [-0.25, -0.2) is 0 Å². The summed E-state index contributed by atoms with van der Waals surface area (Å²) in [5.41, 5.74) is 4.42. The molecule has 2 heterocycles. The lowest BCUT2D eigenvalue weighted by molar-refractivity contribution is 0.220. The molecule has 0 saturated carbocycles. The van der Waals surface area contributed by atoms with Crippen molar-refractivity contribution in [3.05, 3.63) is 53.1 Å². The van der Waals surface area contributed by atoms with Gasteiger partial charge in [-0.1, -0.05) is 18.2 Å². The molecule has 0 saturated heterocycles. The van der Waals surface area contributed by atoms with Crippen molar-refractivity contribution in [3.8, 4) is 5.75 Å². The van der Waals surface area contributed by atoms with E-state index in [9.17, 15) is 0 Å². The third-order valence-electron chi connectivity index (χ3n) is 3.61. The molecule has 0 unspecified atom stereocenters. The van der Waals surface area contributed by atoms with Gasteiger partial charge in [0.25, 0.3) is 0 Å². The molecule has 0 bridgehead atoms. The summed E-state index contributed by atoms with van der Waals surface area (Å²) < 4.78 is 5.83. The van der Waals surface area contributed by atoms with Crippen LogP contribution in [0.2, 0.25) is 0 Å². The van der Waals surface area contributed by atoms with E-state index in [1.54, 1.807) is 0 Å². The summed E-state index contributed by atoms with van der Waals surface area (Å²) >= 11 is 0. The molecule has 0 fully saturated rings. The normalized spacial score (nSPS) is 17.7. The second-order valence-electron chi connectivity index (χ2n) is 5.24. The van der Waals surface area contributed by atoms with E-state index in [1.807, 2.05) is 32.2 Å². The predicted octanol–water partition coefficient (Wildman–Crippen LogP) is 2.89. The topological polar surface area (TPSA) is 35.0 Å². The Bertz CT molecular complexity index is 595. The number of aryl methyl sites for hydroxylation is 2. The van der Waals surface area contributed by atoms with Crippen molar-refractivity contribution >= 4 is 0 Å². The summed E-state index contributed by atoms with van der Waals surface area (Å²) in [5, 5.41) is 0. The largest absolute Gasteiger partial charge is 0.493 e. The van der Waals surface area contributed by atoms with E-state index in [1.165, 1.54) is 5.56 Å². The summed E-state index contributed by atoms with van der Waals surface area (Å²) in [4.78, 5) is 8.99. The second-order valence-corrected chi connectivity index (χ2v) is 5.24. The fourth-order valence-corrected chi connectivity index (χ4v) is 2.58. The van der Waals surface area contributed by atoms with Crippen LogP contribution in [-0.4, -0.2) is 16.6 Å². The first-order valence-electron chi connectivity index (χ1n) is 6.72. The zero-order valence-electron chi connectivity index (χ0n) is 11.4. The standard InChI is InChI=1S/C16H18N2O/c1-11-9-17-12(2)15(18-11)8-13-7-14-5-3-4-6-16(14)19-10-13/h3-6,9,13H,7-8,10H2,1-2H3/t13-/m1/s1. The van der Waals surface area contributed by atoms with Crippen molar-refractivity contribution in [1.82, 2.24) is 9.97 Å². The molecule has 1 aliphatic rings. The van der Waals surface area contributed by atoms with Gasteiger partial charge in [0.2, 0.25) is 0 Å². The molecule has 0 spiro atoms. The monoisotopic (exact) mass is 254 g/mol. The first-order chi connectivity index (χ1) is 9.22. The van der Waals surface area contributed by atoms with Crippen LogP contribution in [0.15, 0.2) is 30.5 Å². The minimum Gasteiger partial charge on any atom is -0.493 e. The Morgan fingerprint density at radius 1 is 1.26 bits per heavy atom. The third-order valence-corrected chi connectivity index (χ3v) is 3.61. The molecule has 3 heteroatoms. The smallest absolute Gasteiger partial charge is 0.122 e. The SMILES string of the molecule is Cc1cnc(C)c(C[C@@H]2COc3ccccc3C2)n1. The Balaban J connectivity index is 1.77. The number of benzene rings is 1. The lowest BCUT2D eigenvalue weighted by Gasteiger charge is -2.25. The minimum atomic E-state index is 0.490. The zero-order chi connectivity index (χ0) is 13.2. The highest BCUT2D eigenvalue weighted by molar-refractivity contribution is 5.35. The second kappa shape index (κ2) is 5.00. The number of aromatic nitrogens is 2. The van der Waals surface area contributed by atoms with Crippen LogP contribution in [0.3, 0.4) is 0 Å². The van der Waals surface area contributed by atoms with Gasteiger partial charge in [-0.15, -0.1) is 0 Å². The van der Waals surface area contributed by atoms with E-state index in [2.05, 4.69) is 22.1 Å². The molecule has 19 heavy (non-hydrogen) atoms. The number of hydrogen-bond donors (Lipinski definition) is 0. The van der Waals surface area contributed by atoms with Gasteiger partial charge in [-0.2, -0.15) is 0 Å². The predicted molar refractivity (Wildman–Crippen MR) is 74.3 cm³/mol. The molecular formula is C16H18N2O. The van der Waals surface area contributed by atoms with Gasteiger partial charge in [-0.3, -0.25) is 9.97 Å². The van der Waals surface area contributed by atoms with Gasteiger partial charge in [0.05, 0.1) is 23.7 Å². The lowest BCUT2D eigenvalue weighted by atomic mass is 9.92. The van der Waals surface area contributed by atoms with Gasteiger partial charge < -0.3 is 4.74 Å². The molecule has 2 aromatic rings. The first-order valence-corrected chi connectivity index (χ1v) is 6.72. The molecule has 98 valence electrons. The molecule has 0 amide bonds. The Kier molecular flexibility index (Phi) is 3.20. The summed E-state index contributed by atoms with van der Waals surface area (Å²) in [6.07, 6.45) is 3.82. The molecule has 3 nitrogen and oxygen atoms in total. The van der Waals surface area contributed by atoms with Crippen LogP contribution >= 0.6 is 0 Å².